The predicted octanol–water partition coefficient (Wildman–Crippen LogP) is 2.13. The van der Waals surface area contributed by atoms with Crippen LogP contribution in [0.25, 0.3) is 0 Å². The fourth-order valence-electron chi connectivity index (χ4n) is 0. The molecule has 0 radical (unpaired) electrons. The van der Waals surface area contributed by atoms with Crippen LogP contribution in [0.3, 0.4) is 0 Å². The third-order valence-corrected chi connectivity index (χ3v) is 0.958. The van der Waals surface area contributed by atoms with Crippen LogP contribution in [-0.4, -0.2) is 22.2 Å². The summed E-state index contributed by atoms with van der Waals surface area (Å²) in [5.41, 5.74) is 0. The minimum Gasteiger partial charge on any atom is -0.481 e. The molecule has 0 heterocycles. The molecule has 0 spiro atoms. The Balaban J connectivity index is 0. The predicted molar refractivity (Wildman–Crippen MR) is 49.7 cm³/mol. The molecule has 4 heteroatoms. The van der Waals surface area contributed by atoms with Gasteiger partial charge in [-0.15, -0.1) is 0 Å². The van der Waals surface area contributed by atoms with Gasteiger partial charge >= 0.3 is 11.9 Å². The Morgan fingerprint density at radius 3 is 1.08 bits per heavy atom. The van der Waals surface area contributed by atoms with Crippen molar-refractivity contribution in [2.24, 2.45) is 0 Å². The first kappa shape index (κ1) is 14.5. The van der Waals surface area contributed by atoms with Crippen LogP contribution in [0.15, 0.2) is 0 Å². The van der Waals surface area contributed by atoms with E-state index in [9.17, 15) is 9.59 Å². The number of aliphatic carboxylic acids is 2. The van der Waals surface area contributed by atoms with Crippen LogP contribution in [0, 0.1) is 0 Å². The topological polar surface area (TPSA) is 74.6 Å². The molecule has 1 saturated carbocycles. The summed E-state index contributed by atoms with van der Waals surface area (Å²) in [5.74, 6) is -1.49. The van der Waals surface area contributed by atoms with Crippen molar-refractivity contribution in [1.82, 2.24) is 0 Å². The van der Waals surface area contributed by atoms with Crippen molar-refractivity contribution in [2.45, 2.75) is 46.0 Å². The molecule has 1 rings (SSSR count). The first-order valence-corrected chi connectivity index (χ1v) is 4.48. The number of rotatable bonds is 2. The molecule has 0 bridgehead atoms. The van der Waals surface area contributed by atoms with Gasteiger partial charge in [-0.25, -0.2) is 0 Å². The Labute approximate surface area is 78.6 Å². The third kappa shape index (κ3) is 56.3. The van der Waals surface area contributed by atoms with Crippen molar-refractivity contribution in [3.05, 3.63) is 0 Å². The Hall–Kier alpha value is -1.06. The summed E-state index contributed by atoms with van der Waals surface area (Å²) >= 11 is 0. The van der Waals surface area contributed by atoms with Gasteiger partial charge in [-0.2, -0.15) is 0 Å². The van der Waals surface area contributed by atoms with Gasteiger partial charge < -0.3 is 10.2 Å². The molecule has 4 nitrogen and oxygen atoms in total. The standard InChI is InChI=1S/2C3H6O2.C3H6/c2*1-2-3(4)5;1-2-3-1/h2*2H2,1H3,(H,4,5);1-3H2. The largest absolute Gasteiger partial charge is 0.481 e. The summed E-state index contributed by atoms with van der Waals surface area (Å²) < 4.78 is 0. The minimum atomic E-state index is -0.745. The summed E-state index contributed by atoms with van der Waals surface area (Å²) in [6.07, 6.45) is 4.94. The lowest BCUT2D eigenvalue weighted by Crippen LogP contribution is -1.86. The van der Waals surface area contributed by atoms with Gasteiger partial charge in [-0.1, -0.05) is 33.1 Å². The normalized spacial score (nSPS) is 11.2. The SMILES string of the molecule is C1CC1.CCC(=O)O.CCC(=O)O. The first-order chi connectivity index (χ1) is 6.04. The minimum absolute atomic E-state index is 0.222. The van der Waals surface area contributed by atoms with Crippen LogP contribution < -0.4 is 0 Å². The van der Waals surface area contributed by atoms with Crippen LogP contribution in [0.4, 0.5) is 0 Å². The van der Waals surface area contributed by atoms with Gasteiger partial charge in [0.05, 0.1) is 0 Å². The van der Waals surface area contributed by atoms with Crippen LogP contribution in [0.1, 0.15) is 46.0 Å². The van der Waals surface area contributed by atoms with E-state index in [1.165, 1.54) is 19.3 Å². The van der Waals surface area contributed by atoms with E-state index in [0.717, 1.165) is 0 Å². The van der Waals surface area contributed by atoms with Crippen molar-refractivity contribution < 1.29 is 19.8 Å². The van der Waals surface area contributed by atoms with Crippen molar-refractivity contribution in [2.75, 3.05) is 0 Å². The molecular formula is C9H18O4. The average molecular weight is 190 g/mol. The zero-order chi connectivity index (χ0) is 10.7. The highest BCUT2D eigenvalue weighted by molar-refractivity contribution is 5.66. The number of hydrogen-bond donors (Lipinski definition) is 2. The lowest BCUT2D eigenvalue weighted by atomic mass is 10.5. The van der Waals surface area contributed by atoms with E-state index in [2.05, 4.69) is 0 Å². The molecule has 0 aliphatic heterocycles. The first-order valence-electron chi connectivity index (χ1n) is 4.48. The van der Waals surface area contributed by atoms with Gasteiger partial charge in [0.15, 0.2) is 0 Å². The van der Waals surface area contributed by atoms with Crippen LogP contribution >= 0.6 is 0 Å². The monoisotopic (exact) mass is 190 g/mol. The van der Waals surface area contributed by atoms with Gasteiger partial charge in [0.2, 0.25) is 0 Å². The molecule has 0 amide bonds. The van der Waals surface area contributed by atoms with Crippen molar-refractivity contribution in [3.8, 4) is 0 Å². The van der Waals surface area contributed by atoms with Gasteiger partial charge in [0, 0.05) is 12.8 Å². The Kier molecular flexibility index (Phi) is 12.2. The maximum Gasteiger partial charge on any atom is 0.303 e. The lowest BCUT2D eigenvalue weighted by molar-refractivity contribution is -0.137. The summed E-state index contributed by atoms with van der Waals surface area (Å²) in [6.45, 7) is 3.20. The van der Waals surface area contributed by atoms with E-state index in [-0.39, 0.29) is 12.8 Å². The van der Waals surface area contributed by atoms with Gasteiger partial charge in [0.25, 0.3) is 0 Å². The van der Waals surface area contributed by atoms with Crippen molar-refractivity contribution in [1.29, 1.82) is 0 Å². The summed E-state index contributed by atoms with van der Waals surface area (Å²) in [6, 6.07) is 0. The van der Waals surface area contributed by atoms with Crippen molar-refractivity contribution in [3.63, 3.8) is 0 Å². The second kappa shape index (κ2) is 10.9. The van der Waals surface area contributed by atoms with Crippen LogP contribution in [-0.2, 0) is 9.59 Å². The quantitative estimate of drug-likeness (QED) is 0.699. The van der Waals surface area contributed by atoms with E-state index >= 15 is 0 Å². The Bertz CT molecular complexity index is 124. The lowest BCUT2D eigenvalue weighted by Gasteiger charge is -1.71. The average Bonchev–Trinajstić information content (AvgIpc) is 2.91. The highest BCUT2D eigenvalue weighted by Crippen LogP contribution is 2.14. The smallest absolute Gasteiger partial charge is 0.303 e. The zero-order valence-corrected chi connectivity index (χ0v) is 8.25. The number of hydrogen-bond acceptors (Lipinski definition) is 2. The molecule has 1 aliphatic rings. The van der Waals surface area contributed by atoms with Gasteiger partial charge in [-0.3, -0.25) is 9.59 Å². The summed E-state index contributed by atoms with van der Waals surface area (Å²) in [5, 5.41) is 15.4. The molecule has 0 saturated heterocycles. The molecule has 0 aromatic rings. The van der Waals surface area contributed by atoms with E-state index in [0.29, 0.717) is 0 Å². The molecule has 0 atom stereocenters. The molecule has 78 valence electrons. The maximum absolute atomic E-state index is 9.37. The third-order valence-electron chi connectivity index (χ3n) is 0.958. The van der Waals surface area contributed by atoms with Crippen molar-refractivity contribution >= 4 is 11.9 Å². The molecule has 1 fully saturated rings. The van der Waals surface area contributed by atoms with E-state index in [1.807, 2.05) is 0 Å². The molecule has 2 N–H and O–H groups in total. The second-order valence-electron chi connectivity index (χ2n) is 2.56. The molecule has 0 aromatic heterocycles. The van der Waals surface area contributed by atoms with Crippen LogP contribution in [0.2, 0.25) is 0 Å². The number of carboxylic acid groups (broad SMARTS) is 2. The number of carbonyl (C=O) groups is 2. The summed E-state index contributed by atoms with van der Waals surface area (Å²) in [7, 11) is 0. The van der Waals surface area contributed by atoms with Gasteiger partial charge in [0.1, 0.15) is 0 Å². The van der Waals surface area contributed by atoms with E-state index in [4.69, 9.17) is 10.2 Å². The van der Waals surface area contributed by atoms with E-state index in [1.54, 1.807) is 13.8 Å². The fourth-order valence-corrected chi connectivity index (χ4v) is 0. The van der Waals surface area contributed by atoms with Crippen LogP contribution in [0.5, 0.6) is 0 Å². The highest BCUT2D eigenvalue weighted by Gasteiger charge is 1.95. The Morgan fingerprint density at radius 1 is 0.923 bits per heavy atom. The zero-order valence-electron chi connectivity index (χ0n) is 8.25. The molecule has 0 unspecified atom stereocenters. The molecule has 13 heavy (non-hydrogen) atoms. The fraction of sp³-hybridized carbons (Fsp3) is 0.778. The second-order valence-corrected chi connectivity index (χ2v) is 2.56. The maximum atomic E-state index is 9.37. The summed E-state index contributed by atoms with van der Waals surface area (Å²) in [4.78, 5) is 18.7. The number of carboxylic acids is 2. The van der Waals surface area contributed by atoms with E-state index < -0.39 is 11.9 Å². The molecular weight excluding hydrogens is 172 g/mol. The highest BCUT2D eigenvalue weighted by atomic mass is 16.4. The Morgan fingerprint density at radius 2 is 1.08 bits per heavy atom. The van der Waals surface area contributed by atoms with Gasteiger partial charge in [-0.05, 0) is 0 Å². The molecule has 0 aromatic carbocycles. The molecule has 1 aliphatic carbocycles.